The summed E-state index contributed by atoms with van der Waals surface area (Å²) in [5, 5.41) is 3.07. The van der Waals surface area contributed by atoms with Crippen LogP contribution in [0.1, 0.15) is 335 Å². The molecule has 0 saturated carbocycles. The summed E-state index contributed by atoms with van der Waals surface area (Å²) < 4.78 is 30.8. The fourth-order valence-corrected chi connectivity index (χ4v) is 10.9. The summed E-state index contributed by atoms with van der Waals surface area (Å²) >= 11 is 0. The Balaban J connectivity index is 5.12. The fraction of sp³-hybridized carbons (Fsp3) is 0.857. The van der Waals surface area contributed by atoms with E-state index in [0.29, 0.717) is 23.9 Å². The summed E-state index contributed by atoms with van der Waals surface area (Å²) in [6.07, 6.45) is 75.4. The summed E-state index contributed by atoms with van der Waals surface area (Å²) in [6.45, 7) is 7.03. The monoisotopic (exact) mass is 1150 g/mol. The first-order chi connectivity index (χ1) is 38.9. The van der Waals surface area contributed by atoms with E-state index in [0.717, 1.165) is 83.5 Å². The van der Waals surface area contributed by atoms with E-state index in [1.165, 1.54) is 218 Å². The van der Waals surface area contributed by atoms with Gasteiger partial charge in [-0.15, -0.1) is 0 Å². The number of hydrogen-bond donors (Lipinski definition) is 2. The summed E-state index contributed by atoms with van der Waals surface area (Å²) in [7, 11) is 1.50. The highest BCUT2D eigenvalue weighted by Crippen LogP contribution is 2.43. The number of amides is 1. The predicted octanol–water partition coefficient (Wildman–Crippen LogP) is 21.6. The van der Waals surface area contributed by atoms with Gasteiger partial charge in [-0.2, -0.15) is 0 Å². The van der Waals surface area contributed by atoms with Crippen molar-refractivity contribution in [2.45, 2.75) is 348 Å². The van der Waals surface area contributed by atoms with Crippen molar-refractivity contribution >= 4 is 19.7 Å². The van der Waals surface area contributed by atoms with E-state index in [1.54, 1.807) is 0 Å². The third-order valence-electron chi connectivity index (χ3n) is 15.5. The van der Waals surface area contributed by atoms with Gasteiger partial charge in [0.2, 0.25) is 5.91 Å². The first-order valence-electron chi connectivity index (χ1n) is 34.5. The molecule has 0 heterocycles. The molecule has 0 fully saturated rings. The molecule has 3 unspecified atom stereocenters. The summed E-state index contributed by atoms with van der Waals surface area (Å²) in [5.41, 5.74) is 0. The maximum Gasteiger partial charge on any atom is 0.472 e. The number of rotatable bonds is 63. The van der Waals surface area contributed by atoms with Crippen molar-refractivity contribution in [2.24, 2.45) is 0 Å². The lowest BCUT2D eigenvalue weighted by Gasteiger charge is -2.27. The van der Waals surface area contributed by atoms with Crippen LogP contribution >= 0.6 is 7.82 Å². The van der Waals surface area contributed by atoms with Crippen molar-refractivity contribution in [3.63, 3.8) is 0 Å². The van der Waals surface area contributed by atoms with Crippen LogP contribution in [-0.4, -0.2) is 74.3 Å². The molecule has 2 N–H and O–H groups in total. The van der Waals surface area contributed by atoms with Gasteiger partial charge in [0.25, 0.3) is 0 Å². The molecule has 80 heavy (non-hydrogen) atoms. The molecule has 0 aromatic heterocycles. The van der Waals surface area contributed by atoms with E-state index >= 15 is 0 Å². The number of nitrogens with zero attached hydrogens (tertiary/aromatic N) is 1. The lowest BCUT2D eigenvalue weighted by molar-refractivity contribution is -0.870. The molecule has 0 saturated heterocycles. The van der Waals surface area contributed by atoms with Crippen molar-refractivity contribution in [3.8, 4) is 0 Å². The highest BCUT2D eigenvalue weighted by Gasteiger charge is 2.30. The number of nitrogens with one attached hydrogen (secondary N) is 1. The van der Waals surface area contributed by atoms with Crippen LogP contribution in [0.3, 0.4) is 0 Å². The zero-order chi connectivity index (χ0) is 58.6. The van der Waals surface area contributed by atoms with Crippen LogP contribution in [0.25, 0.3) is 0 Å². The van der Waals surface area contributed by atoms with Crippen LogP contribution < -0.4 is 5.32 Å². The fourth-order valence-electron chi connectivity index (χ4n) is 10.2. The van der Waals surface area contributed by atoms with Crippen molar-refractivity contribution in [1.82, 2.24) is 5.32 Å². The van der Waals surface area contributed by atoms with Gasteiger partial charge in [0.15, 0.2) is 0 Å². The molecule has 0 aliphatic carbocycles. The topological polar surface area (TPSA) is 111 Å². The van der Waals surface area contributed by atoms with Gasteiger partial charge in [-0.05, 0) is 70.3 Å². The molecule has 0 aliphatic rings. The molecular weight excluding hydrogens is 1010 g/mol. The molecular formula is C70H134N2O7P+. The smallest absolute Gasteiger partial charge is 0.456 e. The highest BCUT2D eigenvalue weighted by molar-refractivity contribution is 7.47. The molecule has 10 heteroatoms. The van der Waals surface area contributed by atoms with E-state index in [-0.39, 0.29) is 25.1 Å². The number of quaternary nitrogens is 1. The number of ether oxygens (including phenoxy) is 1. The van der Waals surface area contributed by atoms with Gasteiger partial charge in [0, 0.05) is 12.8 Å². The Morgan fingerprint density at radius 3 is 1.16 bits per heavy atom. The van der Waals surface area contributed by atoms with Gasteiger partial charge in [0.1, 0.15) is 19.3 Å². The number of phosphoric ester groups is 1. The molecule has 0 radical (unpaired) electrons. The number of carbonyl (C=O) groups excluding carboxylic acids is 2. The molecule has 0 bridgehead atoms. The second-order valence-corrected chi connectivity index (χ2v) is 26.2. The average molecular weight is 1150 g/mol. The van der Waals surface area contributed by atoms with E-state index in [2.05, 4.69) is 62.5 Å². The molecule has 470 valence electrons. The number of likely N-dealkylation sites (N-methyl/N-ethyl adjacent to an activating group) is 1. The molecule has 0 aromatic rings. The number of allylic oxidation sites excluding steroid dienone is 7. The average Bonchev–Trinajstić information content (AvgIpc) is 3.42. The Kier molecular flexibility index (Phi) is 58.6. The first-order valence-corrected chi connectivity index (χ1v) is 36.0. The van der Waals surface area contributed by atoms with Gasteiger partial charge in [-0.3, -0.25) is 18.6 Å². The second kappa shape index (κ2) is 60.1. The van der Waals surface area contributed by atoms with E-state index < -0.39 is 20.0 Å². The normalized spacial score (nSPS) is 13.8. The van der Waals surface area contributed by atoms with Gasteiger partial charge >= 0.3 is 13.8 Å². The summed E-state index contributed by atoms with van der Waals surface area (Å²) in [6, 6.07) is -0.851. The number of hydrogen-bond acceptors (Lipinski definition) is 6. The molecule has 0 rings (SSSR count). The quantitative estimate of drug-likeness (QED) is 0.0205. The van der Waals surface area contributed by atoms with Crippen LogP contribution in [-0.2, 0) is 27.9 Å². The van der Waals surface area contributed by atoms with Crippen molar-refractivity contribution in [2.75, 3.05) is 40.9 Å². The van der Waals surface area contributed by atoms with Crippen LogP contribution in [0, 0.1) is 0 Å². The van der Waals surface area contributed by atoms with Gasteiger partial charge < -0.3 is 19.4 Å². The SMILES string of the molecule is CCCCC/C=C\C/C=C\C/C=C\CCCCCCCCCCC(=O)NC(COP(=O)(O)OCC[N+](C)(C)C)C(/C=C/CCCCCCCCCCCC)OC(=O)CCCCCCCCCCCCCCCCCCCCCCC. The molecule has 1 amide bonds. The minimum absolute atomic E-state index is 0.0399. The van der Waals surface area contributed by atoms with Crippen LogP contribution in [0.4, 0.5) is 0 Å². The second-order valence-electron chi connectivity index (χ2n) is 24.7. The molecule has 9 nitrogen and oxygen atoms in total. The summed E-state index contributed by atoms with van der Waals surface area (Å²) in [4.78, 5) is 37.8. The number of carbonyl (C=O) groups is 2. The van der Waals surface area contributed by atoms with Crippen LogP contribution in [0.5, 0.6) is 0 Å². The van der Waals surface area contributed by atoms with E-state index in [9.17, 15) is 19.0 Å². The van der Waals surface area contributed by atoms with Crippen molar-refractivity contribution < 1.29 is 37.3 Å². The lowest BCUT2D eigenvalue weighted by atomic mass is 10.0. The zero-order valence-electron chi connectivity index (χ0n) is 53.8. The molecule has 0 spiro atoms. The lowest BCUT2D eigenvalue weighted by Crippen LogP contribution is -2.47. The number of unbranched alkanes of at least 4 members (excludes halogenated alkanes) is 41. The van der Waals surface area contributed by atoms with E-state index in [4.69, 9.17) is 13.8 Å². The first kappa shape index (κ1) is 78.0. The Labute approximate surface area is 497 Å². The van der Waals surface area contributed by atoms with Gasteiger partial charge in [0.05, 0.1) is 33.8 Å². The van der Waals surface area contributed by atoms with E-state index in [1.807, 2.05) is 33.3 Å². The Morgan fingerprint density at radius 1 is 0.438 bits per heavy atom. The largest absolute Gasteiger partial charge is 0.472 e. The van der Waals surface area contributed by atoms with Crippen LogP contribution in [0.15, 0.2) is 48.6 Å². The molecule has 0 aromatic carbocycles. The minimum Gasteiger partial charge on any atom is -0.456 e. The number of esters is 1. The highest BCUT2D eigenvalue weighted by atomic mass is 31.2. The number of phosphoric acid groups is 1. The Morgan fingerprint density at radius 2 is 0.762 bits per heavy atom. The maximum absolute atomic E-state index is 13.6. The standard InChI is InChI=1S/C70H133N2O7P/c1-7-10-13-16-19-22-25-28-30-32-34-36-38-40-42-44-47-50-53-56-59-62-69(73)71-67(66-78-80(75,76)77-65-64-72(4,5)6)68(61-58-55-52-49-46-27-24-21-18-15-12-9-3)79-70(74)63-60-57-54-51-48-45-43-41-39-37-35-33-31-29-26-23-20-17-14-11-8-2/h19,22,28,30,34,36,58,61,67-68H,7-18,20-21,23-27,29,31-33,35,37-57,59-60,62-66H2,1-6H3,(H-,71,73,75,76)/p+1/b22-19-,30-28-,36-34-,61-58+. The molecule has 0 aliphatic heterocycles. The summed E-state index contributed by atoms with van der Waals surface area (Å²) in [5.74, 6) is -0.498. The van der Waals surface area contributed by atoms with Crippen molar-refractivity contribution in [3.05, 3.63) is 48.6 Å². The Bertz CT molecular complexity index is 1510. The third-order valence-corrected chi connectivity index (χ3v) is 16.5. The van der Waals surface area contributed by atoms with Gasteiger partial charge in [-0.1, -0.05) is 301 Å². The van der Waals surface area contributed by atoms with Gasteiger partial charge in [-0.25, -0.2) is 4.57 Å². The van der Waals surface area contributed by atoms with Crippen LogP contribution in [0.2, 0.25) is 0 Å². The predicted molar refractivity (Wildman–Crippen MR) is 346 cm³/mol. The zero-order valence-corrected chi connectivity index (χ0v) is 54.7. The third kappa shape index (κ3) is 60.6. The Hall–Kier alpha value is -2.03. The van der Waals surface area contributed by atoms with Crippen molar-refractivity contribution in [1.29, 1.82) is 0 Å². The molecule has 3 atom stereocenters. The maximum atomic E-state index is 13.6. The minimum atomic E-state index is -4.45.